The summed E-state index contributed by atoms with van der Waals surface area (Å²) in [5.74, 6) is -0.846. The largest absolute Gasteiger partial charge is 0.320 e. The zero-order chi connectivity index (χ0) is 14.9. The molecular formula is C14H9Br3FNO. The third-order valence-electron chi connectivity index (χ3n) is 2.61. The van der Waals surface area contributed by atoms with Crippen LogP contribution in [0.3, 0.4) is 0 Å². The van der Waals surface area contributed by atoms with Gasteiger partial charge in [-0.3, -0.25) is 4.79 Å². The SMILES string of the molecule is Cc1cc(Br)c(NC(=O)c2ccc(Br)c(F)c2)c(Br)c1. The standard InChI is InChI=1S/C14H9Br3FNO/c1-7-4-10(16)13(11(17)5-7)19-14(20)8-2-3-9(15)12(18)6-8/h2-6H,1H3,(H,19,20). The topological polar surface area (TPSA) is 29.1 Å². The average molecular weight is 466 g/mol. The summed E-state index contributed by atoms with van der Waals surface area (Å²) in [6.07, 6.45) is 0. The number of halogens is 4. The number of benzene rings is 2. The Morgan fingerprint density at radius 1 is 1.05 bits per heavy atom. The van der Waals surface area contributed by atoms with Crippen LogP contribution < -0.4 is 5.32 Å². The first-order valence-electron chi connectivity index (χ1n) is 5.60. The summed E-state index contributed by atoms with van der Waals surface area (Å²) in [7, 11) is 0. The Morgan fingerprint density at radius 3 is 2.20 bits per heavy atom. The van der Waals surface area contributed by atoms with Gasteiger partial charge in [-0.2, -0.15) is 0 Å². The van der Waals surface area contributed by atoms with Crippen LogP contribution in [0.25, 0.3) is 0 Å². The number of anilines is 1. The summed E-state index contributed by atoms with van der Waals surface area (Å²) in [6.45, 7) is 1.95. The highest BCUT2D eigenvalue weighted by Crippen LogP contribution is 2.32. The van der Waals surface area contributed by atoms with Gasteiger partial charge in [-0.1, -0.05) is 0 Å². The molecule has 0 aromatic heterocycles. The molecule has 0 aliphatic heterocycles. The van der Waals surface area contributed by atoms with E-state index in [0.29, 0.717) is 10.2 Å². The fourth-order valence-electron chi connectivity index (χ4n) is 1.64. The first-order chi connectivity index (χ1) is 9.38. The van der Waals surface area contributed by atoms with Gasteiger partial charge in [0.2, 0.25) is 0 Å². The second-order valence-electron chi connectivity index (χ2n) is 4.19. The monoisotopic (exact) mass is 463 g/mol. The molecule has 0 heterocycles. The van der Waals surface area contributed by atoms with Gasteiger partial charge >= 0.3 is 0 Å². The molecule has 20 heavy (non-hydrogen) atoms. The Labute approximate surface area is 141 Å². The van der Waals surface area contributed by atoms with Gasteiger partial charge in [0.1, 0.15) is 5.82 Å². The number of hydrogen-bond acceptors (Lipinski definition) is 1. The molecule has 0 saturated heterocycles. The highest BCUT2D eigenvalue weighted by Gasteiger charge is 2.13. The second kappa shape index (κ2) is 6.37. The van der Waals surface area contributed by atoms with Gasteiger partial charge in [0.25, 0.3) is 5.91 Å². The van der Waals surface area contributed by atoms with Gasteiger partial charge in [0.05, 0.1) is 10.2 Å². The summed E-state index contributed by atoms with van der Waals surface area (Å²) in [4.78, 5) is 12.1. The van der Waals surface area contributed by atoms with Gasteiger partial charge in [-0.15, -0.1) is 0 Å². The highest BCUT2D eigenvalue weighted by atomic mass is 79.9. The molecule has 0 atom stereocenters. The van der Waals surface area contributed by atoms with Crippen molar-refractivity contribution < 1.29 is 9.18 Å². The summed E-state index contributed by atoms with van der Waals surface area (Å²) in [5, 5.41) is 2.75. The molecule has 0 unspecified atom stereocenters. The number of nitrogens with one attached hydrogen (secondary N) is 1. The van der Waals surface area contributed by atoms with Gasteiger partial charge < -0.3 is 5.32 Å². The van der Waals surface area contributed by atoms with E-state index in [1.165, 1.54) is 12.1 Å². The van der Waals surface area contributed by atoms with E-state index >= 15 is 0 Å². The van der Waals surface area contributed by atoms with E-state index in [4.69, 9.17) is 0 Å². The van der Waals surface area contributed by atoms with Crippen molar-refractivity contribution in [2.45, 2.75) is 6.92 Å². The number of rotatable bonds is 2. The quantitative estimate of drug-likeness (QED) is 0.608. The average Bonchev–Trinajstić information content (AvgIpc) is 2.36. The minimum atomic E-state index is -0.473. The fourth-order valence-corrected chi connectivity index (χ4v) is 3.50. The Balaban J connectivity index is 2.30. The molecule has 0 saturated carbocycles. The zero-order valence-electron chi connectivity index (χ0n) is 10.3. The van der Waals surface area contributed by atoms with Crippen LogP contribution in [0.1, 0.15) is 15.9 Å². The van der Waals surface area contributed by atoms with Crippen LogP contribution in [0, 0.1) is 12.7 Å². The van der Waals surface area contributed by atoms with Crippen LogP contribution in [0.5, 0.6) is 0 Å². The Hall–Kier alpha value is -0.720. The lowest BCUT2D eigenvalue weighted by molar-refractivity contribution is 0.102. The maximum atomic E-state index is 13.4. The van der Waals surface area contributed by atoms with E-state index in [2.05, 4.69) is 53.1 Å². The predicted octanol–water partition coefficient (Wildman–Crippen LogP) is 5.67. The van der Waals surface area contributed by atoms with E-state index in [1.807, 2.05) is 19.1 Å². The molecule has 0 aliphatic carbocycles. The van der Waals surface area contributed by atoms with Crippen LogP contribution in [0.4, 0.5) is 10.1 Å². The lowest BCUT2D eigenvalue weighted by Crippen LogP contribution is -2.13. The van der Waals surface area contributed by atoms with Crippen molar-refractivity contribution in [3.63, 3.8) is 0 Å². The molecule has 0 fully saturated rings. The molecule has 0 spiro atoms. The van der Waals surface area contributed by atoms with E-state index < -0.39 is 5.82 Å². The first kappa shape index (κ1) is 15.7. The van der Waals surface area contributed by atoms with Crippen molar-refractivity contribution in [2.24, 2.45) is 0 Å². The first-order valence-corrected chi connectivity index (χ1v) is 7.98. The molecule has 2 rings (SSSR count). The van der Waals surface area contributed by atoms with E-state index in [1.54, 1.807) is 6.07 Å². The Kier molecular flexibility index (Phi) is 4.99. The van der Waals surface area contributed by atoms with Gasteiger partial charge in [-0.05, 0) is 90.6 Å². The molecule has 2 aromatic carbocycles. The minimum absolute atomic E-state index is 0.255. The summed E-state index contributed by atoms with van der Waals surface area (Å²) in [6, 6.07) is 8.03. The number of carbonyl (C=O) groups is 1. The van der Waals surface area contributed by atoms with E-state index in [0.717, 1.165) is 14.5 Å². The number of aryl methyl sites for hydroxylation is 1. The van der Waals surface area contributed by atoms with Crippen LogP contribution >= 0.6 is 47.8 Å². The molecule has 6 heteroatoms. The molecule has 1 N–H and O–H groups in total. The van der Waals surface area contributed by atoms with E-state index in [-0.39, 0.29) is 11.5 Å². The summed E-state index contributed by atoms with van der Waals surface area (Å²) in [5.41, 5.74) is 1.92. The predicted molar refractivity (Wildman–Crippen MR) is 88.6 cm³/mol. The molecule has 0 radical (unpaired) electrons. The zero-order valence-corrected chi connectivity index (χ0v) is 15.1. The van der Waals surface area contributed by atoms with Crippen molar-refractivity contribution in [3.05, 3.63) is 60.7 Å². The number of amides is 1. The van der Waals surface area contributed by atoms with Crippen molar-refractivity contribution in [1.29, 1.82) is 0 Å². The maximum Gasteiger partial charge on any atom is 0.255 e. The highest BCUT2D eigenvalue weighted by molar-refractivity contribution is 9.11. The second-order valence-corrected chi connectivity index (χ2v) is 6.75. The van der Waals surface area contributed by atoms with Gasteiger partial charge in [0.15, 0.2) is 0 Å². The molecule has 2 nitrogen and oxygen atoms in total. The maximum absolute atomic E-state index is 13.4. The number of hydrogen-bond donors (Lipinski definition) is 1. The molecule has 1 amide bonds. The molecular weight excluding hydrogens is 457 g/mol. The molecule has 104 valence electrons. The van der Waals surface area contributed by atoms with Crippen molar-refractivity contribution in [2.75, 3.05) is 5.32 Å². The van der Waals surface area contributed by atoms with Crippen LogP contribution in [0.2, 0.25) is 0 Å². The number of carbonyl (C=O) groups excluding carboxylic acids is 1. The van der Waals surface area contributed by atoms with Crippen molar-refractivity contribution in [3.8, 4) is 0 Å². The Morgan fingerprint density at radius 2 is 1.65 bits per heavy atom. The van der Waals surface area contributed by atoms with Crippen molar-refractivity contribution >= 4 is 59.4 Å². The molecule has 0 bridgehead atoms. The smallest absolute Gasteiger partial charge is 0.255 e. The molecule has 0 aliphatic rings. The fraction of sp³-hybridized carbons (Fsp3) is 0.0714. The van der Waals surface area contributed by atoms with Crippen LogP contribution in [-0.4, -0.2) is 5.91 Å². The van der Waals surface area contributed by atoms with Crippen LogP contribution in [-0.2, 0) is 0 Å². The van der Waals surface area contributed by atoms with Gasteiger partial charge in [0, 0.05) is 14.5 Å². The summed E-state index contributed by atoms with van der Waals surface area (Å²) >= 11 is 9.85. The lowest BCUT2D eigenvalue weighted by Gasteiger charge is -2.11. The lowest BCUT2D eigenvalue weighted by atomic mass is 10.2. The van der Waals surface area contributed by atoms with E-state index in [9.17, 15) is 9.18 Å². The van der Waals surface area contributed by atoms with Gasteiger partial charge in [-0.25, -0.2) is 4.39 Å². The molecule has 2 aromatic rings. The normalized spacial score (nSPS) is 10.4. The third kappa shape index (κ3) is 3.48. The minimum Gasteiger partial charge on any atom is -0.320 e. The summed E-state index contributed by atoms with van der Waals surface area (Å²) < 4.78 is 15.3. The third-order valence-corrected chi connectivity index (χ3v) is 4.50. The Bertz CT molecular complexity index is 665. The van der Waals surface area contributed by atoms with Crippen molar-refractivity contribution in [1.82, 2.24) is 0 Å². The van der Waals surface area contributed by atoms with Crippen LogP contribution in [0.15, 0.2) is 43.7 Å².